The van der Waals surface area contributed by atoms with Crippen LogP contribution in [-0.4, -0.2) is 32.5 Å². The Morgan fingerprint density at radius 2 is 1.81 bits per heavy atom. The van der Waals surface area contributed by atoms with Crippen LogP contribution < -0.4 is 4.90 Å². The molecule has 0 aliphatic carbocycles. The number of halogens is 3. The van der Waals surface area contributed by atoms with E-state index in [1.165, 1.54) is 17.7 Å². The summed E-state index contributed by atoms with van der Waals surface area (Å²) in [5.41, 5.74) is -0.369. The first kappa shape index (κ1) is 25.6. The van der Waals surface area contributed by atoms with Gasteiger partial charge in [-0.25, -0.2) is 4.98 Å². The number of thioether (sulfide) groups is 1. The van der Waals surface area contributed by atoms with Crippen LogP contribution in [0.2, 0.25) is 0 Å². The summed E-state index contributed by atoms with van der Waals surface area (Å²) in [5.74, 6) is 0.438. The molecule has 0 bridgehead atoms. The zero-order chi connectivity index (χ0) is 25.4. The van der Waals surface area contributed by atoms with Gasteiger partial charge in [0.05, 0.1) is 18.4 Å². The van der Waals surface area contributed by atoms with Crippen LogP contribution in [0.15, 0.2) is 76.5 Å². The van der Waals surface area contributed by atoms with Crippen molar-refractivity contribution in [3.8, 4) is 0 Å². The van der Waals surface area contributed by atoms with E-state index in [2.05, 4.69) is 44.5 Å². The minimum absolute atomic E-state index is 0.129. The third kappa shape index (κ3) is 8.01. The number of benzene rings is 2. The molecular formula is C26H26F3N5OS. The zero-order valence-corrected chi connectivity index (χ0v) is 20.5. The van der Waals surface area contributed by atoms with Crippen molar-refractivity contribution in [3.05, 3.63) is 89.9 Å². The molecule has 0 fully saturated rings. The van der Waals surface area contributed by atoms with Crippen LogP contribution in [0.1, 0.15) is 35.6 Å². The van der Waals surface area contributed by atoms with Crippen LogP contribution in [0, 0.1) is 0 Å². The molecule has 0 saturated carbocycles. The molecule has 0 saturated heterocycles. The molecule has 2 heterocycles. The fraction of sp³-hybridized carbons (Fsp3) is 0.269. The normalized spacial score (nSPS) is 11.9. The van der Waals surface area contributed by atoms with Gasteiger partial charge in [-0.2, -0.15) is 13.2 Å². The highest BCUT2D eigenvalue weighted by atomic mass is 32.2. The van der Waals surface area contributed by atoms with Crippen molar-refractivity contribution < 1.29 is 17.6 Å². The second-order valence-electron chi connectivity index (χ2n) is 8.27. The molecule has 2 aromatic carbocycles. The molecule has 0 aliphatic heterocycles. The number of aryl methyl sites for hydroxylation is 2. The molecule has 36 heavy (non-hydrogen) atoms. The van der Waals surface area contributed by atoms with Gasteiger partial charge in [-0.1, -0.05) is 29.5 Å². The first-order chi connectivity index (χ1) is 17.3. The van der Waals surface area contributed by atoms with Crippen LogP contribution in [0.5, 0.6) is 0 Å². The second-order valence-corrected chi connectivity index (χ2v) is 9.41. The number of anilines is 1. The summed E-state index contributed by atoms with van der Waals surface area (Å²) in [4.78, 5) is 6.73. The lowest BCUT2D eigenvalue weighted by Crippen LogP contribution is -2.16. The number of aromatic nitrogens is 4. The van der Waals surface area contributed by atoms with Gasteiger partial charge in [0, 0.05) is 36.4 Å². The molecule has 0 N–H and O–H groups in total. The fourth-order valence-corrected chi connectivity index (χ4v) is 4.17. The van der Waals surface area contributed by atoms with E-state index in [0.717, 1.165) is 42.8 Å². The standard InChI is InChI=1S/C26H26F3N5OS/c1-33(23-10-5-20(6-11-23)4-2-3-16-34-17-15-30-32-34)18-22-19-35-25(31-22)14-9-21-7-12-24(13-8-21)36-26(27,28)29/h5-15,17,19H,2-4,16,18H2,1H3. The smallest absolute Gasteiger partial charge is 0.445 e. The Bertz CT molecular complexity index is 1240. The number of hydrogen-bond acceptors (Lipinski definition) is 6. The van der Waals surface area contributed by atoms with Gasteiger partial charge in [-0.05, 0) is 72.5 Å². The summed E-state index contributed by atoms with van der Waals surface area (Å²) in [5, 5.41) is 7.79. The number of hydrogen-bond donors (Lipinski definition) is 0. The molecule has 0 atom stereocenters. The van der Waals surface area contributed by atoms with Gasteiger partial charge in [-0.15, -0.1) is 5.10 Å². The monoisotopic (exact) mass is 513 g/mol. The zero-order valence-electron chi connectivity index (χ0n) is 19.7. The molecule has 0 radical (unpaired) electrons. The summed E-state index contributed by atoms with van der Waals surface area (Å²) in [6, 6.07) is 14.7. The van der Waals surface area contributed by atoms with E-state index in [1.54, 1.807) is 36.7 Å². The Hall–Kier alpha value is -3.53. The molecule has 0 amide bonds. The molecule has 188 valence electrons. The van der Waals surface area contributed by atoms with Crippen LogP contribution in [0.3, 0.4) is 0 Å². The number of nitrogens with zero attached hydrogens (tertiary/aromatic N) is 5. The maximum absolute atomic E-state index is 12.4. The highest BCUT2D eigenvalue weighted by Crippen LogP contribution is 2.36. The van der Waals surface area contributed by atoms with Gasteiger partial charge in [0.25, 0.3) is 0 Å². The average Bonchev–Trinajstić information content (AvgIpc) is 3.53. The summed E-state index contributed by atoms with van der Waals surface area (Å²) in [6.07, 6.45) is 11.8. The molecule has 2 aromatic heterocycles. The van der Waals surface area contributed by atoms with Gasteiger partial charge >= 0.3 is 5.51 Å². The maximum atomic E-state index is 12.4. The Labute approximate surface area is 211 Å². The van der Waals surface area contributed by atoms with Crippen LogP contribution in [0.25, 0.3) is 12.2 Å². The predicted molar refractivity (Wildman–Crippen MR) is 135 cm³/mol. The molecular weight excluding hydrogens is 487 g/mol. The van der Waals surface area contributed by atoms with E-state index < -0.39 is 5.51 Å². The van der Waals surface area contributed by atoms with Gasteiger partial charge in [0.15, 0.2) is 0 Å². The van der Waals surface area contributed by atoms with Crippen molar-refractivity contribution in [1.29, 1.82) is 0 Å². The molecule has 4 rings (SSSR count). The average molecular weight is 514 g/mol. The number of alkyl halides is 3. The van der Waals surface area contributed by atoms with E-state index in [9.17, 15) is 13.2 Å². The van der Waals surface area contributed by atoms with Gasteiger partial charge in [0.1, 0.15) is 6.26 Å². The van der Waals surface area contributed by atoms with Gasteiger partial charge in [-0.3, -0.25) is 4.68 Å². The maximum Gasteiger partial charge on any atom is 0.446 e. The third-order valence-corrected chi connectivity index (χ3v) is 6.19. The third-order valence-electron chi connectivity index (χ3n) is 5.45. The summed E-state index contributed by atoms with van der Waals surface area (Å²) in [6.45, 7) is 1.46. The lowest BCUT2D eigenvalue weighted by Gasteiger charge is -2.18. The lowest BCUT2D eigenvalue weighted by atomic mass is 10.1. The Morgan fingerprint density at radius 3 is 2.50 bits per heavy atom. The summed E-state index contributed by atoms with van der Waals surface area (Å²) in [7, 11) is 2.00. The van der Waals surface area contributed by atoms with E-state index >= 15 is 0 Å². The van der Waals surface area contributed by atoms with E-state index in [4.69, 9.17) is 4.42 Å². The van der Waals surface area contributed by atoms with E-state index in [-0.39, 0.29) is 16.7 Å². The van der Waals surface area contributed by atoms with Gasteiger partial charge in [0.2, 0.25) is 5.89 Å². The highest BCUT2D eigenvalue weighted by Gasteiger charge is 2.28. The van der Waals surface area contributed by atoms with Crippen molar-refractivity contribution in [1.82, 2.24) is 20.0 Å². The van der Waals surface area contributed by atoms with Crippen molar-refractivity contribution in [2.75, 3.05) is 11.9 Å². The van der Waals surface area contributed by atoms with Crippen LogP contribution in [0.4, 0.5) is 18.9 Å². The minimum atomic E-state index is -4.29. The van der Waals surface area contributed by atoms with Crippen molar-refractivity contribution in [2.45, 2.75) is 42.8 Å². The SMILES string of the molecule is CN(Cc1coc(C=Cc2ccc(SC(F)(F)F)cc2)n1)c1ccc(CCCCn2ccnn2)cc1. The Morgan fingerprint density at radius 1 is 1.03 bits per heavy atom. The van der Waals surface area contributed by atoms with Crippen molar-refractivity contribution in [3.63, 3.8) is 0 Å². The number of rotatable bonds is 11. The number of oxazole rings is 1. The topological polar surface area (TPSA) is 60.0 Å². The first-order valence-corrected chi connectivity index (χ1v) is 12.3. The van der Waals surface area contributed by atoms with Crippen LogP contribution >= 0.6 is 11.8 Å². The fourth-order valence-electron chi connectivity index (χ4n) is 3.63. The Balaban J connectivity index is 1.24. The minimum Gasteiger partial charge on any atom is -0.445 e. The van der Waals surface area contributed by atoms with Crippen LogP contribution in [-0.2, 0) is 19.5 Å². The van der Waals surface area contributed by atoms with Crippen molar-refractivity contribution >= 4 is 29.6 Å². The summed E-state index contributed by atoms with van der Waals surface area (Å²) >= 11 is -0.129. The predicted octanol–water partition coefficient (Wildman–Crippen LogP) is 6.71. The molecule has 0 spiro atoms. The molecule has 4 aromatic rings. The molecule has 0 unspecified atom stereocenters. The Kier molecular flexibility index (Phi) is 8.48. The largest absolute Gasteiger partial charge is 0.446 e. The first-order valence-electron chi connectivity index (χ1n) is 11.5. The second kappa shape index (κ2) is 11.9. The quantitative estimate of drug-likeness (QED) is 0.164. The van der Waals surface area contributed by atoms with Gasteiger partial charge < -0.3 is 9.32 Å². The van der Waals surface area contributed by atoms with E-state index in [0.29, 0.717) is 12.4 Å². The molecule has 10 heteroatoms. The lowest BCUT2D eigenvalue weighted by molar-refractivity contribution is -0.0328. The van der Waals surface area contributed by atoms with E-state index in [1.807, 2.05) is 17.9 Å². The molecule has 0 aliphatic rings. The van der Waals surface area contributed by atoms with Crippen molar-refractivity contribution in [2.24, 2.45) is 0 Å². The molecule has 6 nitrogen and oxygen atoms in total. The summed E-state index contributed by atoms with van der Waals surface area (Å²) < 4.78 is 44.7. The highest BCUT2D eigenvalue weighted by molar-refractivity contribution is 8.00. The number of unbranched alkanes of at least 4 members (excludes halogenated alkanes) is 1.